The minimum absolute atomic E-state index is 0.0118. The Bertz CT molecular complexity index is 1140. The molecular formula is C27H28N2O. The second-order valence-electron chi connectivity index (χ2n) is 9.77. The van der Waals surface area contributed by atoms with E-state index in [9.17, 15) is 4.79 Å². The highest BCUT2D eigenvalue weighted by molar-refractivity contribution is 6.01. The highest BCUT2D eigenvalue weighted by atomic mass is 16.1. The van der Waals surface area contributed by atoms with Crippen LogP contribution >= 0.6 is 0 Å². The molecule has 0 fully saturated rings. The summed E-state index contributed by atoms with van der Waals surface area (Å²) in [5.74, 6) is 0.296. The van der Waals surface area contributed by atoms with Gasteiger partial charge in [0.1, 0.15) is 0 Å². The van der Waals surface area contributed by atoms with Crippen molar-refractivity contribution in [2.45, 2.75) is 51.9 Å². The van der Waals surface area contributed by atoms with Crippen LogP contribution in [0.2, 0.25) is 0 Å². The van der Waals surface area contributed by atoms with Gasteiger partial charge in [0, 0.05) is 41.5 Å². The lowest BCUT2D eigenvalue weighted by Gasteiger charge is -2.44. The number of hydrogen-bond donors (Lipinski definition) is 1. The highest BCUT2D eigenvalue weighted by Gasteiger charge is 2.48. The summed E-state index contributed by atoms with van der Waals surface area (Å²) in [6, 6.07) is 21.0. The molecule has 3 heteroatoms. The molecule has 0 radical (unpaired) electrons. The topological polar surface area (TPSA) is 45.8 Å². The molecule has 3 aromatic rings. The Labute approximate surface area is 178 Å². The van der Waals surface area contributed by atoms with Crippen LogP contribution in [0.1, 0.15) is 61.7 Å². The molecule has 2 aliphatic carbocycles. The van der Waals surface area contributed by atoms with Gasteiger partial charge < -0.3 is 0 Å². The summed E-state index contributed by atoms with van der Waals surface area (Å²) in [6.07, 6.45) is 3.12. The Balaban J connectivity index is 1.72. The number of rotatable bonds is 3. The number of fused-ring (bicyclic) bond motifs is 1. The number of nitrogens with zero attached hydrogens (tertiary/aromatic N) is 1. The summed E-state index contributed by atoms with van der Waals surface area (Å²) < 4.78 is 0. The van der Waals surface area contributed by atoms with Gasteiger partial charge in [-0.25, -0.2) is 0 Å². The first-order chi connectivity index (χ1) is 14.4. The molecule has 1 aromatic heterocycles. The molecule has 0 spiro atoms. The van der Waals surface area contributed by atoms with Crippen molar-refractivity contribution in [3.8, 4) is 0 Å². The van der Waals surface area contributed by atoms with Gasteiger partial charge in [-0.15, -0.1) is 0 Å². The van der Waals surface area contributed by atoms with Gasteiger partial charge in [0.05, 0.1) is 5.69 Å². The third kappa shape index (κ3) is 2.96. The normalized spacial score (nSPS) is 22.6. The smallest absolute Gasteiger partial charge is 0.160 e. The number of benzene rings is 2. The van der Waals surface area contributed by atoms with Crippen LogP contribution < -0.4 is 0 Å². The molecule has 5 rings (SSSR count). The fraction of sp³-hybridized carbons (Fsp3) is 0.333. The standard InChI is InChI=1S/C27H28N2O/c1-26(2)16-19-15-22-25(21(28-29-22)14-18-10-6-4-7-11-18)27(3,24(19)23(30)17-26)20-12-8-5-9-13-20/h4-13H,14-17H2,1-3H3,(H,28,29)/t27-/m0/s1. The summed E-state index contributed by atoms with van der Waals surface area (Å²) in [4.78, 5) is 13.5. The van der Waals surface area contributed by atoms with Crippen LogP contribution in [0, 0.1) is 5.41 Å². The summed E-state index contributed by atoms with van der Waals surface area (Å²) in [5.41, 5.74) is 7.64. The first-order valence-electron chi connectivity index (χ1n) is 10.8. The summed E-state index contributed by atoms with van der Waals surface area (Å²) in [5, 5.41) is 8.12. The van der Waals surface area contributed by atoms with E-state index in [1.54, 1.807) is 0 Å². The highest BCUT2D eigenvalue weighted by Crippen LogP contribution is 2.52. The minimum atomic E-state index is -0.477. The van der Waals surface area contributed by atoms with E-state index in [0.717, 1.165) is 36.2 Å². The largest absolute Gasteiger partial charge is 0.294 e. The van der Waals surface area contributed by atoms with Gasteiger partial charge in [-0.2, -0.15) is 5.10 Å². The van der Waals surface area contributed by atoms with Gasteiger partial charge in [0.25, 0.3) is 0 Å². The molecule has 2 aromatic carbocycles. The van der Waals surface area contributed by atoms with Gasteiger partial charge in [0.2, 0.25) is 0 Å². The van der Waals surface area contributed by atoms with Crippen LogP contribution in [0.4, 0.5) is 0 Å². The van der Waals surface area contributed by atoms with E-state index in [2.05, 4.69) is 74.4 Å². The molecule has 0 bridgehead atoms. The molecule has 1 atom stereocenters. The fourth-order valence-electron chi connectivity index (χ4n) is 5.69. The van der Waals surface area contributed by atoms with Crippen molar-refractivity contribution in [1.29, 1.82) is 0 Å². The van der Waals surface area contributed by atoms with E-state index in [4.69, 9.17) is 5.10 Å². The molecule has 152 valence electrons. The summed E-state index contributed by atoms with van der Waals surface area (Å²) in [7, 11) is 0. The first kappa shape index (κ1) is 19.0. The van der Waals surface area contributed by atoms with Crippen molar-refractivity contribution in [3.05, 3.63) is 99.9 Å². The van der Waals surface area contributed by atoms with Crippen LogP contribution in [0.25, 0.3) is 0 Å². The molecule has 0 saturated carbocycles. The number of H-pyrrole nitrogens is 1. The predicted molar refractivity (Wildman–Crippen MR) is 119 cm³/mol. The first-order valence-corrected chi connectivity index (χ1v) is 10.8. The van der Waals surface area contributed by atoms with Crippen LogP contribution in [0.5, 0.6) is 0 Å². The molecule has 2 aliphatic rings. The SMILES string of the molecule is CC1(C)CC(=O)C2=C(Cc3[nH]nc(Cc4ccccc4)c3[C@@]2(C)c2ccccc2)C1. The van der Waals surface area contributed by atoms with Crippen molar-refractivity contribution >= 4 is 5.78 Å². The molecule has 1 heterocycles. The van der Waals surface area contributed by atoms with Crippen molar-refractivity contribution < 1.29 is 4.79 Å². The average Bonchev–Trinajstić information content (AvgIpc) is 3.11. The Morgan fingerprint density at radius 3 is 2.30 bits per heavy atom. The third-order valence-electron chi connectivity index (χ3n) is 6.84. The number of aromatic nitrogens is 2. The Hall–Kier alpha value is -2.94. The number of hydrogen-bond acceptors (Lipinski definition) is 2. The molecule has 0 unspecified atom stereocenters. The van der Waals surface area contributed by atoms with Crippen molar-refractivity contribution in [2.75, 3.05) is 0 Å². The van der Waals surface area contributed by atoms with E-state index in [-0.39, 0.29) is 5.41 Å². The summed E-state index contributed by atoms with van der Waals surface area (Å²) >= 11 is 0. The van der Waals surface area contributed by atoms with E-state index < -0.39 is 5.41 Å². The number of aromatic amines is 1. The maximum atomic E-state index is 13.5. The number of ketones is 1. The lowest BCUT2D eigenvalue weighted by Crippen LogP contribution is -2.41. The van der Waals surface area contributed by atoms with Crippen LogP contribution in [0.15, 0.2) is 71.8 Å². The second-order valence-corrected chi connectivity index (χ2v) is 9.77. The molecule has 0 amide bonds. The van der Waals surface area contributed by atoms with E-state index in [0.29, 0.717) is 12.2 Å². The van der Waals surface area contributed by atoms with E-state index in [1.165, 1.54) is 22.3 Å². The van der Waals surface area contributed by atoms with Crippen molar-refractivity contribution in [3.63, 3.8) is 0 Å². The lowest BCUT2D eigenvalue weighted by molar-refractivity contribution is -0.118. The molecule has 3 nitrogen and oxygen atoms in total. The molecule has 30 heavy (non-hydrogen) atoms. The number of carbonyl (C=O) groups is 1. The van der Waals surface area contributed by atoms with Gasteiger partial charge in [0.15, 0.2) is 5.78 Å². The number of allylic oxidation sites excluding steroid dienone is 2. The predicted octanol–water partition coefficient (Wildman–Crippen LogP) is 5.55. The zero-order valence-electron chi connectivity index (χ0n) is 18.0. The van der Waals surface area contributed by atoms with Gasteiger partial charge in [-0.1, -0.05) is 80.1 Å². The van der Waals surface area contributed by atoms with Crippen molar-refractivity contribution in [2.24, 2.45) is 5.41 Å². The van der Waals surface area contributed by atoms with Gasteiger partial charge >= 0.3 is 0 Å². The zero-order valence-corrected chi connectivity index (χ0v) is 18.0. The van der Waals surface area contributed by atoms with E-state index in [1.807, 2.05) is 12.1 Å². The molecule has 0 aliphatic heterocycles. The Kier molecular flexibility index (Phi) is 4.32. The Morgan fingerprint density at radius 2 is 1.60 bits per heavy atom. The van der Waals surface area contributed by atoms with Crippen LogP contribution in [-0.2, 0) is 23.1 Å². The van der Waals surface area contributed by atoms with Crippen LogP contribution in [-0.4, -0.2) is 16.0 Å². The monoisotopic (exact) mass is 396 g/mol. The minimum Gasteiger partial charge on any atom is -0.294 e. The van der Waals surface area contributed by atoms with Crippen molar-refractivity contribution in [1.82, 2.24) is 10.2 Å². The Morgan fingerprint density at radius 1 is 0.933 bits per heavy atom. The second kappa shape index (κ2) is 6.80. The third-order valence-corrected chi connectivity index (χ3v) is 6.84. The molecular weight excluding hydrogens is 368 g/mol. The van der Waals surface area contributed by atoms with Gasteiger partial charge in [-0.05, 0) is 29.9 Å². The van der Waals surface area contributed by atoms with E-state index >= 15 is 0 Å². The molecule has 0 saturated heterocycles. The number of Topliss-reactive ketones (excluding diaryl/α,β-unsaturated/α-hetero) is 1. The number of nitrogens with one attached hydrogen (secondary N) is 1. The zero-order chi connectivity index (χ0) is 20.9. The quantitative estimate of drug-likeness (QED) is 0.631. The lowest BCUT2D eigenvalue weighted by atomic mass is 9.58. The summed E-state index contributed by atoms with van der Waals surface area (Å²) in [6.45, 7) is 6.64. The van der Waals surface area contributed by atoms with Crippen LogP contribution in [0.3, 0.4) is 0 Å². The molecule has 1 N–H and O–H groups in total. The maximum Gasteiger partial charge on any atom is 0.160 e. The van der Waals surface area contributed by atoms with Gasteiger partial charge in [-0.3, -0.25) is 9.89 Å². The maximum absolute atomic E-state index is 13.5. The number of carbonyl (C=O) groups excluding carboxylic acids is 1. The fourth-order valence-corrected chi connectivity index (χ4v) is 5.69. The average molecular weight is 397 g/mol.